The summed E-state index contributed by atoms with van der Waals surface area (Å²) in [6.07, 6.45) is 2.78. The van der Waals surface area contributed by atoms with Gasteiger partial charge in [-0.3, -0.25) is 0 Å². The predicted molar refractivity (Wildman–Crippen MR) is 104 cm³/mol. The molecule has 2 aromatic heterocycles. The van der Waals surface area contributed by atoms with Crippen molar-refractivity contribution < 1.29 is 4.79 Å². The molecule has 3 heterocycles. The Kier molecular flexibility index (Phi) is 4.43. The second-order valence-corrected chi connectivity index (χ2v) is 6.33. The van der Waals surface area contributed by atoms with Crippen LogP contribution in [0.5, 0.6) is 0 Å². The summed E-state index contributed by atoms with van der Waals surface area (Å²) in [5.41, 5.74) is 2.89. The van der Waals surface area contributed by atoms with Gasteiger partial charge >= 0.3 is 0 Å². The molecule has 0 saturated carbocycles. The van der Waals surface area contributed by atoms with Crippen LogP contribution in [0, 0.1) is 0 Å². The number of nitrogens with zero attached hydrogens (tertiary/aromatic N) is 4. The standard InChI is InChI=1S/C19H22N6O/c1-2-20-17-8-5-9-21-18(17)24-10-11-25(14(12-24)13-26)19-22-15-6-3-4-7-16(15)23-19/h3-9,13-14,20H,2,10-12H2,1H3,(H,22,23). The summed E-state index contributed by atoms with van der Waals surface area (Å²) in [6.45, 7) is 4.94. The second-order valence-electron chi connectivity index (χ2n) is 6.33. The number of anilines is 3. The Bertz CT molecular complexity index is 875. The first kappa shape index (κ1) is 16.4. The highest BCUT2D eigenvalue weighted by molar-refractivity contribution is 5.79. The number of piperazine rings is 1. The molecule has 1 saturated heterocycles. The van der Waals surface area contributed by atoms with Gasteiger partial charge < -0.3 is 24.9 Å². The van der Waals surface area contributed by atoms with E-state index in [1.54, 1.807) is 6.20 Å². The zero-order valence-corrected chi connectivity index (χ0v) is 14.7. The van der Waals surface area contributed by atoms with E-state index in [1.807, 2.05) is 41.3 Å². The fourth-order valence-electron chi connectivity index (χ4n) is 3.43. The van der Waals surface area contributed by atoms with Crippen molar-refractivity contribution >= 4 is 34.8 Å². The maximum Gasteiger partial charge on any atom is 0.204 e. The van der Waals surface area contributed by atoms with Gasteiger partial charge in [0.2, 0.25) is 5.95 Å². The molecule has 134 valence electrons. The smallest absolute Gasteiger partial charge is 0.204 e. The minimum absolute atomic E-state index is 0.277. The molecule has 2 N–H and O–H groups in total. The molecule has 7 nitrogen and oxygen atoms in total. The number of aromatic amines is 1. The number of hydrogen-bond acceptors (Lipinski definition) is 6. The minimum Gasteiger partial charge on any atom is -0.382 e. The van der Waals surface area contributed by atoms with E-state index in [-0.39, 0.29) is 6.04 Å². The van der Waals surface area contributed by atoms with Gasteiger partial charge in [-0.1, -0.05) is 12.1 Å². The molecule has 0 radical (unpaired) electrons. The fraction of sp³-hybridized carbons (Fsp3) is 0.316. The molecule has 1 aliphatic heterocycles. The first-order valence-corrected chi connectivity index (χ1v) is 8.90. The molecule has 0 amide bonds. The summed E-state index contributed by atoms with van der Waals surface area (Å²) in [4.78, 5) is 28.5. The van der Waals surface area contributed by atoms with Crippen molar-refractivity contribution in [3.8, 4) is 0 Å². The van der Waals surface area contributed by atoms with Gasteiger partial charge in [-0.05, 0) is 31.2 Å². The van der Waals surface area contributed by atoms with Crippen LogP contribution in [0.15, 0.2) is 42.6 Å². The number of nitrogens with one attached hydrogen (secondary N) is 2. The van der Waals surface area contributed by atoms with Gasteiger partial charge in [0.05, 0.1) is 16.7 Å². The predicted octanol–water partition coefficient (Wildman–Crippen LogP) is 2.28. The topological polar surface area (TPSA) is 77.2 Å². The molecule has 1 aromatic carbocycles. The Labute approximate surface area is 152 Å². The number of aldehydes is 1. The molecule has 0 bridgehead atoms. The van der Waals surface area contributed by atoms with Crippen molar-refractivity contribution in [2.75, 3.05) is 41.3 Å². The maximum atomic E-state index is 11.8. The Morgan fingerprint density at radius 3 is 2.96 bits per heavy atom. The number of aromatic nitrogens is 3. The van der Waals surface area contributed by atoms with E-state index in [2.05, 4.69) is 32.1 Å². The molecule has 4 rings (SSSR count). The Morgan fingerprint density at radius 2 is 2.15 bits per heavy atom. The second kappa shape index (κ2) is 7.03. The van der Waals surface area contributed by atoms with Gasteiger partial charge in [0.1, 0.15) is 12.3 Å². The Morgan fingerprint density at radius 1 is 1.27 bits per heavy atom. The van der Waals surface area contributed by atoms with E-state index in [1.165, 1.54) is 0 Å². The molecule has 26 heavy (non-hydrogen) atoms. The number of imidazole rings is 1. The van der Waals surface area contributed by atoms with Gasteiger partial charge in [-0.15, -0.1) is 0 Å². The molecule has 1 unspecified atom stereocenters. The van der Waals surface area contributed by atoms with E-state index in [9.17, 15) is 4.79 Å². The van der Waals surface area contributed by atoms with E-state index in [4.69, 9.17) is 0 Å². The highest BCUT2D eigenvalue weighted by Crippen LogP contribution is 2.27. The molecule has 1 fully saturated rings. The van der Waals surface area contributed by atoms with Crippen LogP contribution in [0.3, 0.4) is 0 Å². The molecular formula is C19H22N6O. The number of benzene rings is 1. The number of H-pyrrole nitrogens is 1. The van der Waals surface area contributed by atoms with Crippen molar-refractivity contribution in [2.45, 2.75) is 13.0 Å². The van der Waals surface area contributed by atoms with Crippen molar-refractivity contribution in [1.29, 1.82) is 0 Å². The first-order valence-electron chi connectivity index (χ1n) is 8.90. The quantitative estimate of drug-likeness (QED) is 0.688. The van der Waals surface area contributed by atoms with Crippen LogP contribution in [-0.4, -0.2) is 53.5 Å². The van der Waals surface area contributed by atoms with E-state index < -0.39 is 0 Å². The normalized spacial score (nSPS) is 17.5. The Balaban J connectivity index is 1.58. The largest absolute Gasteiger partial charge is 0.382 e. The fourth-order valence-corrected chi connectivity index (χ4v) is 3.43. The van der Waals surface area contributed by atoms with E-state index in [0.717, 1.165) is 47.9 Å². The van der Waals surface area contributed by atoms with Crippen molar-refractivity contribution in [3.05, 3.63) is 42.6 Å². The van der Waals surface area contributed by atoms with Crippen molar-refractivity contribution in [3.63, 3.8) is 0 Å². The zero-order chi connectivity index (χ0) is 17.9. The zero-order valence-electron chi connectivity index (χ0n) is 14.7. The minimum atomic E-state index is -0.277. The number of carbonyl (C=O) groups excluding carboxylic acids is 1. The summed E-state index contributed by atoms with van der Waals surface area (Å²) >= 11 is 0. The van der Waals surface area contributed by atoms with Gasteiger partial charge in [0, 0.05) is 32.4 Å². The number of carbonyl (C=O) groups is 1. The molecule has 1 aliphatic rings. The molecule has 3 aromatic rings. The Hall–Kier alpha value is -3.09. The third kappa shape index (κ3) is 2.96. The summed E-state index contributed by atoms with van der Waals surface area (Å²) < 4.78 is 0. The third-order valence-electron chi connectivity index (χ3n) is 4.68. The van der Waals surface area contributed by atoms with Crippen LogP contribution in [0.4, 0.5) is 17.5 Å². The van der Waals surface area contributed by atoms with Crippen molar-refractivity contribution in [2.24, 2.45) is 0 Å². The van der Waals surface area contributed by atoms with Crippen LogP contribution in [-0.2, 0) is 4.79 Å². The van der Waals surface area contributed by atoms with Gasteiger partial charge in [0.15, 0.2) is 5.82 Å². The highest BCUT2D eigenvalue weighted by atomic mass is 16.1. The SMILES string of the molecule is CCNc1cccnc1N1CCN(c2nc3ccccc3[nH]2)C(C=O)C1. The van der Waals surface area contributed by atoms with Crippen LogP contribution in [0.25, 0.3) is 11.0 Å². The first-order chi connectivity index (χ1) is 12.8. The van der Waals surface area contributed by atoms with Crippen LogP contribution in [0.2, 0.25) is 0 Å². The molecule has 7 heteroatoms. The average Bonchev–Trinajstić information content (AvgIpc) is 3.12. The number of fused-ring (bicyclic) bond motifs is 1. The average molecular weight is 350 g/mol. The number of para-hydroxylation sites is 2. The van der Waals surface area contributed by atoms with Crippen LogP contribution in [0.1, 0.15) is 6.92 Å². The summed E-state index contributed by atoms with van der Waals surface area (Å²) in [7, 11) is 0. The molecule has 1 atom stereocenters. The van der Waals surface area contributed by atoms with Gasteiger partial charge in [-0.25, -0.2) is 9.97 Å². The highest BCUT2D eigenvalue weighted by Gasteiger charge is 2.30. The lowest BCUT2D eigenvalue weighted by Crippen LogP contribution is -2.55. The summed E-state index contributed by atoms with van der Waals surface area (Å²) in [5, 5.41) is 3.34. The monoisotopic (exact) mass is 350 g/mol. The number of hydrogen-bond donors (Lipinski definition) is 2. The van der Waals surface area contributed by atoms with Gasteiger partial charge in [-0.2, -0.15) is 0 Å². The van der Waals surface area contributed by atoms with Crippen LogP contribution >= 0.6 is 0 Å². The number of pyridine rings is 1. The lowest BCUT2D eigenvalue weighted by molar-refractivity contribution is -0.109. The third-order valence-corrected chi connectivity index (χ3v) is 4.68. The summed E-state index contributed by atoms with van der Waals surface area (Å²) in [5.74, 6) is 1.64. The van der Waals surface area contributed by atoms with Gasteiger partial charge in [0.25, 0.3) is 0 Å². The molecule has 0 aliphatic carbocycles. The number of rotatable bonds is 5. The molecular weight excluding hydrogens is 328 g/mol. The maximum absolute atomic E-state index is 11.8. The van der Waals surface area contributed by atoms with Crippen LogP contribution < -0.4 is 15.1 Å². The summed E-state index contributed by atoms with van der Waals surface area (Å²) in [6, 6.07) is 11.6. The lowest BCUT2D eigenvalue weighted by Gasteiger charge is -2.39. The van der Waals surface area contributed by atoms with E-state index in [0.29, 0.717) is 13.1 Å². The van der Waals surface area contributed by atoms with Crippen molar-refractivity contribution in [1.82, 2.24) is 15.0 Å². The lowest BCUT2D eigenvalue weighted by atomic mass is 10.2. The van der Waals surface area contributed by atoms with E-state index >= 15 is 0 Å². The molecule has 0 spiro atoms.